The number of aromatic nitrogens is 6. The Kier molecular flexibility index (Phi) is 53.7. The van der Waals surface area contributed by atoms with Gasteiger partial charge >= 0.3 is 35.8 Å². The molecule has 3 saturated heterocycles. The average Bonchev–Trinajstić information content (AvgIpc) is 0.854. The number of isothiocyanates is 1. The molecule has 6 N–H and O–H groups in total. The second kappa shape index (κ2) is 65.3. The van der Waals surface area contributed by atoms with Crippen molar-refractivity contribution in [2.45, 2.75) is 64.4 Å². The van der Waals surface area contributed by atoms with Gasteiger partial charge in [-0.25, -0.2) is 58.7 Å². The molecule has 3 aliphatic rings. The molecule has 0 atom stereocenters. The molecule has 0 radical (unpaired) electrons. The minimum atomic E-state index is -1.15. The third kappa shape index (κ3) is 46.1. The number of carboxylic acids is 6. The number of carboxylic acid groups (broad SMARTS) is 6. The lowest BCUT2D eigenvalue weighted by molar-refractivity contribution is 0.00596. The van der Waals surface area contributed by atoms with Crippen LogP contribution in [-0.2, 0) is 103 Å². The summed E-state index contributed by atoms with van der Waals surface area (Å²) in [5.41, 5.74) is 5.05. The number of benzene rings is 1. The highest BCUT2D eigenvalue weighted by atomic mass is 32.2. The molecule has 39 nitrogen and oxygen atoms in total. The Hall–Kier alpha value is -10.3. The highest BCUT2D eigenvalue weighted by Crippen LogP contribution is 2.22. The van der Waals surface area contributed by atoms with Gasteiger partial charge in [0.05, 0.1) is 210 Å². The molecule has 10 rings (SSSR count). The number of pyridine rings is 6. The summed E-state index contributed by atoms with van der Waals surface area (Å²) in [6.45, 7) is 24.9. The molecule has 0 unspecified atom stereocenters. The van der Waals surface area contributed by atoms with Crippen molar-refractivity contribution in [3.05, 3.63) is 195 Å². The number of thioether (sulfide) groups is 1. The van der Waals surface area contributed by atoms with E-state index in [1.54, 1.807) is 48.5 Å². The van der Waals surface area contributed by atoms with Crippen LogP contribution in [-0.4, -0.2) is 375 Å². The molecule has 0 spiro atoms. The summed E-state index contributed by atoms with van der Waals surface area (Å²) in [5.74, 6) is -6.08. The average molecular weight is 1860 g/mol. The number of nitrogens with zero attached hydrogens (tertiary/aromatic N) is 14. The van der Waals surface area contributed by atoms with E-state index in [0.717, 1.165) is 22.2 Å². The third-order valence-electron chi connectivity index (χ3n) is 19.3. The molecule has 0 bridgehead atoms. The lowest BCUT2D eigenvalue weighted by Gasteiger charge is -2.23. The number of hydrogen-bond acceptors (Lipinski definition) is 35. The normalized spacial score (nSPS) is 17.1. The summed E-state index contributed by atoms with van der Waals surface area (Å²) in [5, 5.41) is 69.1. The van der Waals surface area contributed by atoms with Crippen LogP contribution in [0.3, 0.4) is 0 Å². The van der Waals surface area contributed by atoms with E-state index in [0.29, 0.717) is 335 Å². The van der Waals surface area contributed by atoms with Crippen LogP contribution in [0.5, 0.6) is 5.75 Å². The van der Waals surface area contributed by atoms with E-state index in [1.807, 2.05) is 50.2 Å². The van der Waals surface area contributed by atoms with Gasteiger partial charge in [0, 0.05) is 141 Å². The van der Waals surface area contributed by atoms with E-state index in [-0.39, 0.29) is 34.2 Å². The number of thiocyanates is 1. The molecule has 41 heteroatoms. The Balaban J connectivity index is 0.000000269. The molecule has 0 saturated carbocycles. The van der Waals surface area contributed by atoms with Crippen LogP contribution in [0.25, 0.3) is 0 Å². The van der Waals surface area contributed by atoms with Crippen molar-refractivity contribution in [1.29, 1.82) is 5.26 Å². The minimum absolute atomic E-state index is 0.00991. The van der Waals surface area contributed by atoms with Gasteiger partial charge in [-0.3, -0.25) is 29.4 Å². The molecule has 7 aromatic rings. The first-order valence-electron chi connectivity index (χ1n) is 43.2. The Labute approximate surface area is 771 Å². The maximum atomic E-state index is 11.9. The molecule has 1 aromatic carbocycles. The zero-order valence-corrected chi connectivity index (χ0v) is 75.8. The minimum Gasteiger partial charge on any atom is -0.493 e. The quantitative estimate of drug-likeness (QED) is 0.0146. The molecule has 0 aliphatic carbocycles. The highest BCUT2D eigenvalue weighted by molar-refractivity contribution is 8.03. The fourth-order valence-electron chi connectivity index (χ4n) is 12.8. The van der Waals surface area contributed by atoms with Gasteiger partial charge in [0.1, 0.15) is 33.9 Å². The molecule has 3 aliphatic heterocycles. The van der Waals surface area contributed by atoms with Gasteiger partial charge in [0.2, 0.25) is 0 Å². The predicted molar refractivity (Wildman–Crippen MR) is 482 cm³/mol. The van der Waals surface area contributed by atoms with Crippen LogP contribution in [0.2, 0.25) is 0 Å². The van der Waals surface area contributed by atoms with Gasteiger partial charge in [-0.05, 0) is 102 Å². The summed E-state index contributed by atoms with van der Waals surface area (Å²) in [6, 6.07) is 33.8. The van der Waals surface area contributed by atoms with Crippen LogP contribution in [0.4, 0.5) is 5.69 Å². The molecule has 131 heavy (non-hydrogen) atoms. The van der Waals surface area contributed by atoms with Gasteiger partial charge in [0.25, 0.3) is 0 Å². The van der Waals surface area contributed by atoms with Crippen molar-refractivity contribution in [2.75, 3.05) is 244 Å². The Morgan fingerprint density at radius 3 is 0.840 bits per heavy atom. The topological polar surface area (TPSA) is 477 Å². The van der Waals surface area contributed by atoms with Gasteiger partial charge in [-0.1, -0.05) is 50.2 Å². The van der Waals surface area contributed by atoms with E-state index in [4.69, 9.17) is 66.8 Å². The molecule has 9 heterocycles. The summed E-state index contributed by atoms with van der Waals surface area (Å²) in [4.78, 5) is 111. The zero-order valence-electron chi connectivity index (χ0n) is 74.2. The fraction of sp³-hybridized carbons (Fsp3) is 0.511. The van der Waals surface area contributed by atoms with Crippen molar-refractivity contribution in [3.63, 3.8) is 0 Å². The molecular weight excluding hydrogens is 1740 g/mol. The maximum absolute atomic E-state index is 11.9. The number of thiocarbonyl (C=S) groups is 1. The first-order valence-corrected chi connectivity index (χ1v) is 44.5. The first-order chi connectivity index (χ1) is 63.8. The van der Waals surface area contributed by atoms with Crippen molar-refractivity contribution in [2.24, 2.45) is 4.99 Å². The van der Waals surface area contributed by atoms with Gasteiger partial charge in [-0.15, -0.1) is 0 Å². The number of carbonyl (C=O) groups is 6. The molecule has 3 fully saturated rings. The number of nitriles is 1. The molecule has 712 valence electrons. The second-order valence-electron chi connectivity index (χ2n) is 28.9. The monoisotopic (exact) mass is 1860 g/mol. The number of rotatable bonds is 24. The Morgan fingerprint density at radius 2 is 0.588 bits per heavy atom. The first kappa shape index (κ1) is 108. The van der Waals surface area contributed by atoms with Crippen LogP contribution in [0.15, 0.2) is 131 Å². The summed E-state index contributed by atoms with van der Waals surface area (Å²) in [6.07, 6.45) is 0.616. The van der Waals surface area contributed by atoms with Crippen molar-refractivity contribution in [1.82, 2.24) is 59.3 Å². The maximum Gasteiger partial charge on any atom is 0.354 e. The summed E-state index contributed by atoms with van der Waals surface area (Å²) >= 11 is 5.76. The van der Waals surface area contributed by atoms with E-state index in [9.17, 15) is 59.4 Å². The van der Waals surface area contributed by atoms with Gasteiger partial charge in [0.15, 0.2) is 11.4 Å². The van der Waals surface area contributed by atoms with Crippen molar-refractivity contribution in [3.8, 4) is 11.2 Å². The van der Waals surface area contributed by atoms with Crippen LogP contribution >= 0.6 is 24.0 Å². The summed E-state index contributed by atoms with van der Waals surface area (Å²) < 4.78 is 75.3. The standard InChI is InChI=1S/C35H43N5O9S.C27H35N5O8S.C26H36N4O8.C2H6/c36-26-50-31-6-4-27(5-7-31)8-13-49-30-22-29(38-33(23-30)35(43)44)25-40-11-16-47-20-18-45-14-9-39(10-15-46-19-21-48-17-12-40)24-28-2-1-3-32(37-28)34(41)42;33-26(34)24-3-1-2-21(29-24)18-31-4-8-37-12-14-39-10-6-32(7-11-40-15-13-38-9-5-31)19-23-16-22(28-20-41)17-25(30-23)27(35)36;31-25(32)23-5-1-3-21(27-23)19-29-7-11-35-15-17-37-13-9-30(10-14-38-18-16-36-12-8-29)20-22-4-2-6-24(28-22)26(33)34;1-2/h1-7,22-23H,8-21,24-25H2,(H,41,42)(H,43,44);1-3,16-17H,4-15,18-19H2,(H,33,34)(H,35,36);1-6H,7-20H2,(H,31,32)(H,33,34);1-2H3. The Bertz CT molecular complexity index is 4460. The SMILES string of the molecule is CC.N#CSc1ccc(CCOc2cc(CN3CCOCCOCCN(Cc4cccc(C(=O)O)n4)CCOCCOCC3)nc(C(=O)O)c2)cc1.O=C(O)c1cccc(CN2CCOCCOCCN(Cc3cc(N=C=S)cc(C(=O)O)n3)CCOCCOCC2)n1.O=C(O)c1cccc(CN2CCOCCOCCN(Cc3cccc(C(=O)O)n3)CCOCCOCC2)n1. The lowest BCUT2D eigenvalue weighted by atomic mass is 10.2. The van der Waals surface area contributed by atoms with Crippen LogP contribution < -0.4 is 4.74 Å². The predicted octanol–water partition coefficient (Wildman–Crippen LogP) is 7.73. The number of aromatic carboxylic acids is 6. The lowest BCUT2D eigenvalue weighted by Crippen LogP contribution is -2.33. The third-order valence-corrected chi connectivity index (χ3v) is 20.0. The fourth-order valence-corrected chi connectivity index (χ4v) is 13.3. The van der Waals surface area contributed by atoms with E-state index in [2.05, 4.69) is 87.1 Å². The largest absolute Gasteiger partial charge is 0.493 e. The molecule has 0 amide bonds. The summed E-state index contributed by atoms with van der Waals surface area (Å²) in [7, 11) is 0. The van der Waals surface area contributed by atoms with Crippen molar-refractivity contribution >= 4 is 70.6 Å². The van der Waals surface area contributed by atoms with E-state index in [1.165, 1.54) is 36.4 Å². The zero-order chi connectivity index (χ0) is 93.7. The van der Waals surface area contributed by atoms with Gasteiger partial charge in [-0.2, -0.15) is 10.3 Å². The number of hydrogen-bond donors (Lipinski definition) is 6. The van der Waals surface area contributed by atoms with Crippen molar-refractivity contribution < 1.29 is 121 Å². The molecule has 6 aromatic heterocycles. The number of aliphatic imine (C=N–C) groups is 1. The van der Waals surface area contributed by atoms with Crippen LogP contribution in [0.1, 0.15) is 117 Å². The van der Waals surface area contributed by atoms with Crippen LogP contribution in [0, 0.1) is 10.7 Å². The highest BCUT2D eigenvalue weighted by Gasteiger charge is 2.21. The smallest absolute Gasteiger partial charge is 0.354 e. The molecular formula is C90H120N14O25S2. The number of ether oxygens (including phenoxy) is 13. The second-order valence-corrected chi connectivity index (χ2v) is 30.0. The van der Waals surface area contributed by atoms with Gasteiger partial charge < -0.3 is 92.2 Å². The van der Waals surface area contributed by atoms with E-state index < -0.39 is 35.8 Å². The Morgan fingerprint density at radius 1 is 0.344 bits per heavy atom. The van der Waals surface area contributed by atoms with E-state index >= 15 is 0 Å².